The molecule has 0 fully saturated rings. The van der Waals surface area contributed by atoms with E-state index in [1.165, 1.54) is 11.1 Å². The van der Waals surface area contributed by atoms with Crippen LogP contribution in [0.1, 0.15) is 53.5 Å². The first-order valence-corrected chi connectivity index (χ1v) is 12.1. The van der Waals surface area contributed by atoms with E-state index in [2.05, 4.69) is 36.4 Å². The maximum atomic E-state index is 13.8. The Bertz CT molecular complexity index is 1340. The maximum absolute atomic E-state index is 13.8. The second kappa shape index (κ2) is 11.8. The normalized spacial score (nSPS) is 18.6. The molecular weight excluding hydrogens is 501 g/mol. The molecule has 0 aliphatic heterocycles. The quantitative estimate of drug-likeness (QED) is 0.130. The van der Waals surface area contributed by atoms with Crippen molar-refractivity contribution in [1.82, 2.24) is 9.55 Å². The summed E-state index contributed by atoms with van der Waals surface area (Å²) in [5.41, 5.74) is 2.52. The van der Waals surface area contributed by atoms with Crippen LogP contribution in [0.5, 0.6) is 0 Å². The van der Waals surface area contributed by atoms with Crippen LogP contribution in [0, 0.1) is 34.5 Å². The molecule has 0 saturated carbocycles. The van der Waals surface area contributed by atoms with Gasteiger partial charge >= 0.3 is 0 Å². The zero-order chi connectivity index (χ0) is 28.2. The largest absolute Gasteiger partial charge is 0.330 e. The number of carbonyl (C=O) groups is 1. The molecule has 1 amide bonds. The molecule has 0 bridgehead atoms. The van der Waals surface area contributed by atoms with Gasteiger partial charge in [-0.3, -0.25) is 4.79 Å². The van der Waals surface area contributed by atoms with Crippen molar-refractivity contribution in [1.29, 1.82) is 0 Å². The third-order valence-electron chi connectivity index (χ3n) is 6.63. The monoisotopic (exact) mass is 531 g/mol. The number of halogens is 5. The van der Waals surface area contributed by atoms with E-state index in [1.54, 1.807) is 30.6 Å². The number of hydrogen-bond donors (Lipinski definition) is 1. The van der Waals surface area contributed by atoms with E-state index in [0.717, 1.165) is 24.5 Å². The number of allylic oxidation sites excluding steroid dienone is 9. The smallest absolute Gasteiger partial charge is 0.248 e. The van der Waals surface area contributed by atoms with Gasteiger partial charge in [0.05, 0.1) is 12.4 Å². The lowest BCUT2D eigenvalue weighted by Crippen LogP contribution is -2.25. The van der Waals surface area contributed by atoms with Crippen molar-refractivity contribution in [3.63, 3.8) is 0 Å². The minimum absolute atomic E-state index is 0.0236. The number of carbonyl (C=O) groups excluding carboxylic acids is 1. The number of anilines is 1. The van der Waals surface area contributed by atoms with Crippen LogP contribution in [0.25, 0.3) is 0 Å². The van der Waals surface area contributed by atoms with Crippen LogP contribution < -0.4 is 5.32 Å². The molecule has 3 rings (SSSR count). The number of nitrogens with one attached hydrogen (secondary N) is 1. The topological polar surface area (TPSA) is 46.9 Å². The average molecular weight is 532 g/mol. The van der Waals surface area contributed by atoms with Gasteiger partial charge in [0.2, 0.25) is 11.7 Å². The molecular formula is C29H30F5N3O. The number of hydrogen-bond acceptors (Lipinski definition) is 2. The van der Waals surface area contributed by atoms with Crippen LogP contribution >= 0.6 is 0 Å². The highest BCUT2D eigenvalue weighted by atomic mass is 19.2. The minimum Gasteiger partial charge on any atom is -0.330 e. The standard InChI is InChI=1S/C29H30F5N3O/c1-17(9-10-20-19(3)21(11-12-29(20,4)5)37-14-13-35-16-37)7-6-8-18(2)15-22(38)36-28-26(33)24(31)23(30)25(32)27(28)34/h6-10,13-16,21H,11-12H2,1-5H3,(H,36,38)/b8-6+,10-9+,17-7+,18-15+. The van der Waals surface area contributed by atoms with E-state index in [4.69, 9.17) is 0 Å². The van der Waals surface area contributed by atoms with Gasteiger partial charge in [0.1, 0.15) is 5.69 Å². The van der Waals surface area contributed by atoms with Crippen molar-refractivity contribution in [2.45, 2.75) is 53.5 Å². The molecule has 1 aliphatic rings. The maximum Gasteiger partial charge on any atom is 0.248 e. The van der Waals surface area contributed by atoms with E-state index in [9.17, 15) is 26.7 Å². The van der Waals surface area contributed by atoms with E-state index >= 15 is 0 Å². The Kier molecular flexibility index (Phi) is 8.91. The molecule has 1 aromatic heterocycles. The molecule has 1 aromatic carbocycles. The molecule has 0 radical (unpaired) electrons. The van der Waals surface area contributed by atoms with E-state index < -0.39 is 40.7 Å². The highest BCUT2D eigenvalue weighted by molar-refractivity contribution is 6.00. The zero-order valence-electron chi connectivity index (χ0n) is 21.9. The molecule has 9 heteroatoms. The average Bonchev–Trinajstić information content (AvgIpc) is 3.38. The number of imidazole rings is 1. The summed E-state index contributed by atoms with van der Waals surface area (Å²) in [6.45, 7) is 10.1. The van der Waals surface area contributed by atoms with Gasteiger partial charge in [-0.1, -0.05) is 49.8 Å². The lowest BCUT2D eigenvalue weighted by atomic mass is 9.71. The first-order chi connectivity index (χ1) is 17.8. The van der Waals surface area contributed by atoms with Crippen molar-refractivity contribution in [2.24, 2.45) is 5.41 Å². The van der Waals surface area contributed by atoms with Crippen molar-refractivity contribution in [3.05, 3.63) is 107 Å². The summed E-state index contributed by atoms with van der Waals surface area (Å²) in [5, 5.41) is 1.72. The summed E-state index contributed by atoms with van der Waals surface area (Å²) in [6.07, 6.45) is 17.9. The van der Waals surface area contributed by atoms with Crippen LogP contribution in [-0.2, 0) is 4.79 Å². The second-order valence-electron chi connectivity index (χ2n) is 9.97. The fraction of sp³-hybridized carbons (Fsp3) is 0.310. The Morgan fingerprint density at radius 1 is 1.03 bits per heavy atom. The van der Waals surface area contributed by atoms with E-state index in [-0.39, 0.29) is 11.5 Å². The summed E-state index contributed by atoms with van der Waals surface area (Å²) < 4.78 is 69.5. The Labute approximate surface area is 219 Å². The highest BCUT2D eigenvalue weighted by Crippen LogP contribution is 2.45. The van der Waals surface area contributed by atoms with Crippen molar-refractivity contribution < 1.29 is 26.7 Å². The molecule has 1 unspecified atom stereocenters. The van der Waals surface area contributed by atoms with Gasteiger partial charge in [0.25, 0.3) is 0 Å². The minimum atomic E-state index is -2.29. The Morgan fingerprint density at radius 3 is 2.26 bits per heavy atom. The fourth-order valence-corrected chi connectivity index (χ4v) is 4.50. The van der Waals surface area contributed by atoms with Crippen molar-refractivity contribution in [3.8, 4) is 0 Å². The fourth-order valence-electron chi connectivity index (χ4n) is 4.50. The molecule has 0 saturated heterocycles. The molecule has 1 atom stereocenters. The first-order valence-electron chi connectivity index (χ1n) is 12.1. The zero-order valence-corrected chi connectivity index (χ0v) is 21.9. The van der Waals surface area contributed by atoms with Crippen molar-refractivity contribution in [2.75, 3.05) is 5.32 Å². The first kappa shape index (κ1) is 28.8. The van der Waals surface area contributed by atoms with Gasteiger partial charge in [-0.2, -0.15) is 0 Å². The third kappa shape index (κ3) is 6.38. The SMILES string of the molecule is CC1=C(/C=C/C(C)=C/C=C/C(C)=C/C(=O)Nc2c(F)c(F)c(F)c(F)c2F)C(C)(C)CCC1n1ccnc1. The molecule has 1 N–H and O–H groups in total. The molecule has 202 valence electrons. The van der Waals surface area contributed by atoms with Gasteiger partial charge in [-0.15, -0.1) is 0 Å². The lowest BCUT2D eigenvalue weighted by Gasteiger charge is -2.37. The van der Waals surface area contributed by atoms with Gasteiger partial charge in [-0.05, 0) is 55.7 Å². The lowest BCUT2D eigenvalue weighted by molar-refractivity contribution is -0.112. The predicted molar refractivity (Wildman–Crippen MR) is 138 cm³/mol. The summed E-state index contributed by atoms with van der Waals surface area (Å²) in [7, 11) is 0. The number of aromatic nitrogens is 2. The van der Waals surface area contributed by atoms with Gasteiger partial charge in [0, 0.05) is 18.5 Å². The summed E-state index contributed by atoms with van der Waals surface area (Å²) in [5.74, 6) is -11.8. The van der Waals surface area contributed by atoms with Gasteiger partial charge < -0.3 is 9.88 Å². The van der Waals surface area contributed by atoms with Gasteiger partial charge in [-0.25, -0.2) is 26.9 Å². The van der Waals surface area contributed by atoms with Crippen LogP contribution in [0.4, 0.5) is 27.6 Å². The third-order valence-corrected chi connectivity index (χ3v) is 6.63. The number of benzene rings is 1. The van der Waals surface area contributed by atoms with Gasteiger partial charge in [0.15, 0.2) is 23.3 Å². The molecule has 1 heterocycles. The molecule has 1 aliphatic carbocycles. The van der Waals surface area contributed by atoms with Crippen LogP contribution in [0.15, 0.2) is 77.5 Å². The van der Waals surface area contributed by atoms with E-state index in [0.29, 0.717) is 5.57 Å². The summed E-state index contributed by atoms with van der Waals surface area (Å²) in [6, 6.07) is 0.262. The Balaban J connectivity index is 1.70. The molecule has 2 aromatic rings. The highest BCUT2D eigenvalue weighted by Gasteiger charge is 2.32. The van der Waals surface area contributed by atoms with Crippen LogP contribution in [0.3, 0.4) is 0 Å². The molecule has 0 spiro atoms. The van der Waals surface area contributed by atoms with Crippen LogP contribution in [0.2, 0.25) is 0 Å². The number of amides is 1. The predicted octanol–water partition coefficient (Wildman–Crippen LogP) is 7.90. The number of nitrogens with zero attached hydrogens (tertiary/aromatic N) is 2. The van der Waals surface area contributed by atoms with E-state index in [1.807, 2.05) is 31.6 Å². The Hall–Kier alpha value is -3.75. The molecule has 38 heavy (non-hydrogen) atoms. The summed E-state index contributed by atoms with van der Waals surface area (Å²) in [4.78, 5) is 16.3. The van der Waals surface area contributed by atoms with Crippen LogP contribution in [-0.4, -0.2) is 15.5 Å². The summed E-state index contributed by atoms with van der Waals surface area (Å²) >= 11 is 0. The Morgan fingerprint density at radius 2 is 1.66 bits per heavy atom. The second-order valence-corrected chi connectivity index (χ2v) is 9.97. The molecule has 4 nitrogen and oxygen atoms in total. The van der Waals surface area contributed by atoms with Crippen molar-refractivity contribution >= 4 is 11.6 Å². The number of rotatable bonds is 7.